The third-order valence-corrected chi connectivity index (χ3v) is 5.61. The van der Waals surface area contributed by atoms with Crippen molar-refractivity contribution in [3.63, 3.8) is 0 Å². The van der Waals surface area contributed by atoms with Gasteiger partial charge in [-0.15, -0.1) is 0 Å². The molecule has 0 spiro atoms. The van der Waals surface area contributed by atoms with Crippen LogP contribution in [0.25, 0.3) is 0 Å². The van der Waals surface area contributed by atoms with Crippen molar-refractivity contribution in [1.29, 1.82) is 0 Å². The van der Waals surface area contributed by atoms with E-state index in [4.69, 9.17) is 0 Å². The van der Waals surface area contributed by atoms with E-state index in [2.05, 4.69) is 10.0 Å². The second-order valence-electron chi connectivity index (χ2n) is 6.69. The molecule has 3 rings (SSSR count). The van der Waals surface area contributed by atoms with E-state index in [0.29, 0.717) is 24.7 Å². The number of hydrogen-bond acceptors (Lipinski definition) is 4. The van der Waals surface area contributed by atoms with Crippen LogP contribution in [0.5, 0.6) is 0 Å². The van der Waals surface area contributed by atoms with Gasteiger partial charge in [0.1, 0.15) is 0 Å². The fraction of sp³-hybridized carbons (Fsp3) is 0.316. The molecule has 0 bridgehead atoms. The quantitative estimate of drug-likeness (QED) is 0.843. The zero-order chi connectivity index (χ0) is 18.9. The number of carbonyl (C=O) groups is 1. The molecule has 1 aliphatic heterocycles. The molecule has 2 aromatic rings. The molecule has 0 fully saturated rings. The molecule has 2 aromatic carbocycles. The van der Waals surface area contributed by atoms with Gasteiger partial charge in [-0.25, -0.2) is 8.42 Å². The number of benzene rings is 2. The highest BCUT2D eigenvalue weighted by atomic mass is 32.2. The van der Waals surface area contributed by atoms with Gasteiger partial charge in [-0.1, -0.05) is 0 Å². The first-order chi connectivity index (χ1) is 12.3. The first-order valence-corrected chi connectivity index (χ1v) is 10.0. The van der Waals surface area contributed by atoms with Crippen LogP contribution in [0.15, 0.2) is 47.4 Å². The number of amides is 1. The number of sulfonamides is 1. The Morgan fingerprint density at radius 2 is 1.73 bits per heavy atom. The predicted molar refractivity (Wildman–Crippen MR) is 104 cm³/mol. The van der Waals surface area contributed by atoms with Gasteiger partial charge in [-0.05, 0) is 68.3 Å². The molecule has 138 valence electrons. The van der Waals surface area contributed by atoms with Crippen LogP contribution < -0.4 is 14.9 Å². The van der Waals surface area contributed by atoms with E-state index in [-0.39, 0.29) is 10.8 Å². The van der Waals surface area contributed by atoms with Crippen LogP contribution in [0.2, 0.25) is 0 Å². The van der Waals surface area contributed by atoms with Gasteiger partial charge in [-0.2, -0.15) is 0 Å². The standard InChI is InChI=1S/C19H23N3O3S/c1-13(2)20-16-4-6-17(7-5-16)21-26(24,25)18-8-9-19-15(12-18)10-11-22(19)14(3)23/h4-9,12-13,20-21H,10-11H2,1-3H3. The van der Waals surface area contributed by atoms with E-state index in [9.17, 15) is 13.2 Å². The van der Waals surface area contributed by atoms with Crippen LogP contribution in [-0.4, -0.2) is 26.9 Å². The Kier molecular flexibility index (Phi) is 4.91. The fourth-order valence-electron chi connectivity index (χ4n) is 3.05. The molecule has 0 aromatic heterocycles. The van der Waals surface area contributed by atoms with Crippen molar-refractivity contribution in [2.75, 3.05) is 21.5 Å². The first-order valence-electron chi connectivity index (χ1n) is 8.57. The van der Waals surface area contributed by atoms with E-state index in [1.54, 1.807) is 29.2 Å². The van der Waals surface area contributed by atoms with E-state index >= 15 is 0 Å². The molecule has 0 saturated heterocycles. The summed E-state index contributed by atoms with van der Waals surface area (Å²) in [4.78, 5) is 13.5. The van der Waals surface area contributed by atoms with Gasteiger partial charge >= 0.3 is 0 Å². The van der Waals surface area contributed by atoms with E-state index in [1.807, 2.05) is 26.0 Å². The molecule has 1 heterocycles. The van der Waals surface area contributed by atoms with Crippen molar-refractivity contribution in [3.05, 3.63) is 48.0 Å². The summed E-state index contributed by atoms with van der Waals surface area (Å²) in [5.41, 5.74) is 3.11. The van der Waals surface area contributed by atoms with Crippen LogP contribution >= 0.6 is 0 Å². The Labute approximate surface area is 154 Å². The Morgan fingerprint density at radius 1 is 1.08 bits per heavy atom. The van der Waals surface area contributed by atoms with Crippen molar-refractivity contribution >= 4 is 33.0 Å². The minimum absolute atomic E-state index is 0.0346. The monoisotopic (exact) mass is 373 g/mol. The van der Waals surface area contributed by atoms with Crippen LogP contribution in [0.1, 0.15) is 26.3 Å². The SMILES string of the molecule is CC(=O)N1CCc2cc(S(=O)(=O)Nc3ccc(NC(C)C)cc3)ccc21. The van der Waals surface area contributed by atoms with Crippen molar-refractivity contribution in [1.82, 2.24) is 0 Å². The largest absolute Gasteiger partial charge is 0.383 e. The minimum atomic E-state index is -3.68. The summed E-state index contributed by atoms with van der Waals surface area (Å²) in [7, 11) is -3.68. The highest BCUT2D eigenvalue weighted by Crippen LogP contribution is 2.30. The lowest BCUT2D eigenvalue weighted by Gasteiger charge is -2.15. The molecule has 0 unspecified atom stereocenters. The average molecular weight is 373 g/mol. The lowest BCUT2D eigenvalue weighted by Crippen LogP contribution is -2.25. The Morgan fingerprint density at radius 3 is 2.35 bits per heavy atom. The van der Waals surface area contributed by atoms with Gasteiger partial charge in [0.05, 0.1) is 4.90 Å². The summed E-state index contributed by atoms with van der Waals surface area (Å²) in [6.07, 6.45) is 0.661. The van der Waals surface area contributed by atoms with Crippen molar-refractivity contribution in [3.8, 4) is 0 Å². The zero-order valence-electron chi connectivity index (χ0n) is 15.1. The predicted octanol–water partition coefficient (Wildman–Crippen LogP) is 3.22. The highest BCUT2D eigenvalue weighted by molar-refractivity contribution is 7.92. The maximum atomic E-state index is 12.7. The number of anilines is 3. The summed E-state index contributed by atoms with van der Waals surface area (Å²) in [5, 5.41) is 3.26. The summed E-state index contributed by atoms with van der Waals surface area (Å²) in [6.45, 7) is 6.18. The molecular weight excluding hydrogens is 350 g/mol. The van der Waals surface area contributed by atoms with Crippen molar-refractivity contribution < 1.29 is 13.2 Å². The molecule has 6 nitrogen and oxygen atoms in total. The molecule has 0 saturated carbocycles. The summed E-state index contributed by atoms with van der Waals surface area (Å²) in [6, 6.07) is 12.3. The van der Waals surface area contributed by atoms with Gasteiger partial charge in [0.2, 0.25) is 5.91 Å². The molecule has 7 heteroatoms. The van der Waals surface area contributed by atoms with Gasteiger partial charge in [-0.3, -0.25) is 9.52 Å². The molecule has 1 aliphatic rings. The van der Waals surface area contributed by atoms with Crippen LogP contribution in [0.3, 0.4) is 0 Å². The maximum Gasteiger partial charge on any atom is 0.261 e. The van der Waals surface area contributed by atoms with E-state index in [0.717, 1.165) is 16.9 Å². The Bertz CT molecular complexity index is 922. The number of carbonyl (C=O) groups excluding carboxylic acids is 1. The minimum Gasteiger partial charge on any atom is -0.383 e. The average Bonchev–Trinajstić information content (AvgIpc) is 2.99. The third kappa shape index (κ3) is 3.83. The van der Waals surface area contributed by atoms with E-state index in [1.165, 1.54) is 13.0 Å². The van der Waals surface area contributed by atoms with Crippen LogP contribution in [-0.2, 0) is 21.2 Å². The maximum absolute atomic E-state index is 12.7. The lowest BCUT2D eigenvalue weighted by atomic mass is 10.2. The summed E-state index contributed by atoms with van der Waals surface area (Å²) in [5.74, 6) is -0.0346. The van der Waals surface area contributed by atoms with Gasteiger partial charge in [0.15, 0.2) is 0 Å². The normalized spacial score (nSPS) is 13.6. The molecule has 2 N–H and O–H groups in total. The number of nitrogens with zero attached hydrogens (tertiary/aromatic N) is 1. The van der Waals surface area contributed by atoms with Gasteiger partial charge < -0.3 is 10.2 Å². The molecule has 0 atom stereocenters. The zero-order valence-corrected chi connectivity index (χ0v) is 15.9. The summed E-state index contributed by atoms with van der Waals surface area (Å²) < 4.78 is 27.9. The second kappa shape index (κ2) is 6.99. The van der Waals surface area contributed by atoms with Gasteiger partial charge in [0.25, 0.3) is 10.0 Å². The first kappa shape index (κ1) is 18.3. The molecule has 1 amide bonds. The lowest BCUT2D eigenvalue weighted by molar-refractivity contribution is -0.116. The Hall–Kier alpha value is -2.54. The Balaban J connectivity index is 1.80. The second-order valence-corrected chi connectivity index (χ2v) is 8.38. The number of nitrogens with one attached hydrogen (secondary N) is 2. The molecular formula is C19H23N3O3S. The third-order valence-electron chi connectivity index (χ3n) is 4.23. The molecule has 0 radical (unpaired) electrons. The van der Waals surface area contributed by atoms with Crippen LogP contribution in [0, 0.1) is 0 Å². The summed E-state index contributed by atoms with van der Waals surface area (Å²) >= 11 is 0. The van der Waals surface area contributed by atoms with Crippen molar-refractivity contribution in [2.45, 2.75) is 38.1 Å². The molecule has 0 aliphatic carbocycles. The smallest absolute Gasteiger partial charge is 0.261 e. The number of rotatable bonds is 5. The fourth-order valence-corrected chi connectivity index (χ4v) is 4.16. The number of fused-ring (bicyclic) bond motifs is 1. The molecule has 26 heavy (non-hydrogen) atoms. The van der Waals surface area contributed by atoms with Crippen LogP contribution in [0.4, 0.5) is 17.1 Å². The van der Waals surface area contributed by atoms with Gasteiger partial charge in [0, 0.05) is 36.6 Å². The van der Waals surface area contributed by atoms with Crippen molar-refractivity contribution in [2.24, 2.45) is 0 Å². The topological polar surface area (TPSA) is 78.5 Å². The number of hydrogen-bond donors (Lipinski definition) is 2. The van der Waals surface area contributed by atoms with E-state index < -0.39 is 10.0 Å². The highest BCUT2D eigenvalue weighted by Gasteiger charge is 2.24.